The van der Waals surface area contributed by atoms with Gasteiger partial charge in [0.1, 0.15) is 10.7 Å². The van der Waals surface area contributed by atoms with E-state index >= 15 is 0 Å². The van der Waals surface area contributed by atoms with Crippen molar-refractivity contribution in [3.63, 3.8) is 0 Å². The Morgan fingerprint density at radius 2 is 2.60 bits per heavy atom. The first-order valence-corrected chi connectivity index (χ1v) is 4.82. The van der Waals surface area contributed by atoms with Gasteiger partial charge in [-0.2, -0.15) is 11.8 Å². The molecule has 56 valence electrons. The molecule has 0 radical (unpaired) electrons. The van der Waals surface area contributed by atoms with Crippen molar-refractivity contribution in [1.82, 2.24) is 9.59 Å². The van der Waals surface area contributed by atoms with Crippen LogP contribution < -0.4 is 11.3 Å². The first kappa shape index (κ1) is 7.77. The zero-order chi connectivity index (χ0) is 7.40. The molecule has 1 aromatic heterocycles. The second-order valence-corrected chi connectivity index (χ2v) is 3.25. The molecular formula is C4H8N4S2. The van der Waals surface area contributed by atoms with Gasteiger partial charge in [-0.25, -0.2) is 5.84 Å². The standard InChI is InChI=1S/C4H8N4S2/c1-9-2-3-4(6-5)10-8-7-3/h6H,2,5H2,1H3. The summed E-state index contributed by atoms with van der Waals surface area (Å²) >= 11 is 2.98. The van der Waals surface area contributed by atoms with E-state index in [4.69, 9.17) is 5.84 Å². The summed E-state index contributed by atoms with van der Waals surface area (Å²) in [5.41, 5.74) is 3.47. The lowest BCUT2D eigenvalue weighted by Crippen LogP contribution is -2.06. The Balaban J connectivity index is 2.70. The summed E-state index contributed by atoms with van der Waals surface area (Å²) in [4.78, 5) is 0. The van der Waals surface area contributed by atoms with Crippen molar-refractivity contribution in [2.24, 2.45) is 5.84 Å². The number of rotatable bonds is 3. The number of nitrogens with one attached hydrogen (secondary N) is 1. The maximum atomic E-state index is 5.20. The fraction of sp³-hybridized carbons (Fsp3) is 0.500. The number of nitrogen functional groups attached to an aromatic ring is 1. The molecule has 0 aliphatic rings. The SMILES string of the molecule is CSCc1nnsc1NN. The number of thioether (sulfide) groups is 1. The van der Waals surface area contributed by atoms with Gasteiger partial charge in [-0.05, 0) is 6.26 Å². The minimum absolute atomic E-state index is 0.856. The van der Waals surface area contributed by atoms with Crippen molar-refractivity contribution in [2.45, 2.75) is 5.75 Å². The average molecular weight is 176 g/mol. The molecule has 0 aliphatic carbocycles. The summed E-state index contributed by atoms with van der Waals surface area (Å²) < 4.78 is 3.75. The first-order valence-electron chi connectivity index (χ1n) is 2.65. The van der Waals surface area contributed by atoms with Crippen LogP contribution in [-0.2, 0) is 5.75 Å². The van der Waals surface area contributed by atoms with E-state index < -0.39 is 0 Å². The molecule has 0 spiro atoms. The fourth-order valence-electron chi connectivity index (χ4n) is 0.549. The highest BCUT2D eigenvalue weighted by Crippen LogP contribution is 2.19. The molecule has 1 aromatic rings. The van der Waals surface area contributed by atoms with Crippen LogP contribution >= 0.6 is 23.3 Å². The Hall–Kier alpha value is -0.330. The molecule has 0 aromatic carbocycles. The summed E-state index contributed by atoms with van der Waals surface area (Å²) in [6, 6.07) is 0. The van der Waals surface area contributed by atoms with Crippen molar-refractivity contribution < 1.29 is 0 Å². The highest BCUT2D eigenvalue weighted by atomic mass is 32.2. The summed E-state index contributed by atoms with van der Waals surface area (Å²) in [6.45, 7) is 0. The van der Waals surface area contributed by atoms with Gasteiger partial charge in [-0.3, -0.25) is 0 Å². The van der Waals surface area contributed by atoms with Crippen LogP contribution in [0.25, 0.3) is 0 Å². The van der Waals surface area contributed by atoms with Gasteiger partial charge in [0, 0.05) is 17.3 Å². The molecular weight excluding hydrogens is 168 g/mol. The van der Waals surface area contributed by atoms with E-state index in [1.165, 1.54) is 11.5 Å². The minimum atomic E-state index is 0.856. The number of nitrogens with two attached hydrogens (primary N) is 1. The smallest absolute Gasteiger partial charge is 0.148 e. The van der Waals surface area contributed by atoms with Crippen molar-refractivity contribution in [2.75, 3.05) is 11.7 Å². The number of hydrogen-bond donors (Lipinski definition) is 2. The number of hydrogen-bond acceptors (Lipinski definition) is 6. The predicted octanol–water partition coefficient (Wildman–Crippen LogP) is 0.687. The van der Waals surface area contributed by atoms with E-state index in [2.05, 4.69) is 15.0 Å². The van der Waals surface area contributed by atoms with E-state index in [1.807, 2.05) is 6.26 Å². The van der Waals surface area contributed by atoms with Gasteiger partial charge < -0.3 is 5.43 Å². The molecule has 0 atom stereocenters. The van der Waals surface area contributed by atoms with Crippen LogP contribution in [0.4, 0.5) is 5.00 Å². The van der Waals surface area contributed by atoms with E-state index in [1.54, 1.807) is 11.8 Å². The van der Waals surface area contributed by atoms with Crippen LogP contribution in [0.2, 0.25) is 0 Å². The Labute approximate surface area is 67.3 Å². The second-order valence-electron chi connectivity index (χ2n) is 1.63. The zero-order valence-electron chi connectivity index (χ0n) is 5.50. The Bertz CT molecular complexity index is 199. The van der Waals surface area contributed by atoms with Gasteiger partial charge in [0.25, 0.3) is 0 Å². The summed E-state index contributed by atoms with van der Waals surface area (Å²) in [7, 11) is 0. The molecule has 3 N–H and O–H groups in total. The van der Waals surface area contributed by atoms with Crippen molar-refractivity contribution in [3.8, 4) is 0 Å². The average Bonchev–Trinajstić information content (AvgIpc) is 2.36. The molecule has 0 saturated carbocycles. The monoisotopic (exact) mass is 176 g/mol. The van der Waals surface area contributed by atoms with E-state index in [0.717, 1.165) is 16.4 Å². The number of anilines is 1. The largest absolute Gasteiger partial charge is 0.313 e. The molecule has 0 saturated heterocycles. The predicted molar refractivity (Wildman–Crippen MR) is 44.9 cm³/mol. The summed E-state index contributed by atoms with van der Waals surface area (Å²) in [5.74, 6) is 6.05. The van der Waals surface area contributed by atoms with Gasteiger partial charge in [0.15, 0.2) is 0 Å². The van der Waals surface area contributed by atoms with Gasteiger partial charge in [-0.15, -0.1) is 5.10 Å². The quantitative estimate of drug-likeness (QED) is 0.524. The minimum Gasteiger partial charge on any atom is -0.313 e. The van der Waals surface area contributed by atoms with Gasteiger partial charge >= 0.3 is 0 Å². The van der Waals surface area contributed by atoms with Crippen LogP contribution in [0.5, 0.6) is 0 Å². The van der Waals surface area contributed by atoms with Crippen LogP contribution in [0.15, 0.2) is 0 Å². The second kappa shape index (κ2) is 3.75. The van der Waals surface area contributed by atoms with Gasteiger partial charge in [-0.1, -0.05) is 4.49 Å². The molecule has 0 fully saturated rings. The first-order chi connectivity index (χ1) is 4.88. The lowest BCUT2D eigenvalue weighted by molar-refractivity contribution is 1.07. The Morgan fingerprint density at radius 1 is 1.80 bits per heavy atom. The lowest BCUT2D eigenvalue weighted by Gasteiger charge is -1.94. The maximum Gasteiger partial charge on any atom is 0.148 e. The van der Waals surface area contributed by atoms with Crippen LogP contribution in [0, 0.1) is 0 Å². The third-order valence-corrected chi connectivity index (χ3v) is 2.23. The molecule has 0 aliphatic heterocycles. The molecule has 0 unspecified atom stereocenters. The Morgan fingerprint density at radius 3 is 3.20 bits per heavy atom. The normalized spacial score (nSPS) is 9.80. The number of hydrazine groups is 1. The zero-order valence-corrected chi connectivity index (χ0v) is 7.13. The molecule has 6 heteroatoms. The van der Waals surface area contributed by atoms with Crippen molar-refractivity contribution >= 4 is 28.3 Å². The maximum absolute atomic E-state index is 5.20. The third kappa shape index (κ3) is 1.59. The van der Waals surface area contributed by atoms with Crippen molar-refractivity contribution in [1.29, 1.82) is 0 Å². The highest BCUT2D eigenvalue weighted by molar-refractivity contribution is 7.97. The van der Waals surface area contributed by atoms with Gasteiger partial charge in [0.05, 0.1) is 0 Å². The molecule has 1 heterocycles. The van der Waals surface area contributed by atoms with E-state index in [-0.39, 0.29) is 0 Å². The fourth-order valence-corrected chi connectivity index (χ4v) is 1.61. The molecule has 4 nitrogen and oxygen atoms in total. The van der Waals surface area contributed by atoms with Crippen molar-refractivity contribution in [3.05, 3.63) is 5.69 Å². The van der Waals surface area contributed by atoms with Crippen LogP contribution in [-0.4, -0.2) is 15.8 Å². The summed E-state index contributed by atoms with van der Waals surface area (Å²) in [6.07, 6.45) is 2.01. The number of aromatic nitrogens is 2. The molecule has 0 amide bonds. The van der Waals surface area contributed by atoms with E-state index in [9.17, 15) is 0 Å². The topological polar surface area (TPSA) is 63.8 Å². The lowest BCUT2D eigenvalue weighted by atomic mass is 10.5. The van der Waals surface area contributed by atoms with E-state index in [0.29, 0.717) is 0 Å². The van der Waals surface area contributed by atoms with Gasteiger partial charge in [0.2, 0.25) is 0 Å². The van der Waals surface area contributed by atoms with Crippen LogP contribution in [0.1, 0.15) is 5.69 Å². The third-order valence-electron chi connectivity index (χ3n) is 0.968. The highest BCUT2D eigenvalue weighted by Gasteiger charge is 2.03. The molecule has 1 rings (SSSR count). The Kier molecular flexibility index (Phi) is 2.91. The molecule has 0 bridgehead atoms. The number of nitrogens with zero attached hydrogens (tertiary/aromatic N) is 2. The van der Waals surface area contributed by atoms with Crippen LogP contribution in [0.3, 0.4) is 0 Å². The molecule has 10 heavy (non-hydrogen) atoms. The summed E-state index contributed by atoms with van der Waals surface area (Å²) in [5, 5.41) is 4.74.